The van der Waals surface area contributed by atoms with Gasteiger partial charge >= 0.3 is 0 Å². The maximum atomic E-state index is 3.63. The minimum atomic E-state index is 0.942. The smallest absolute Gasteiger partial charge is 0.0134 e. The molecule has 0 saturated heterocycles. The third-order valence-electron chi connectivity index (χ3n) is 3.95. The van der Waals surface area contributed by atoms with Crippen molar-refractivity contribution in [3.63, 3.8) is 0 Å². The maximum absolute atomic E-state index is 3.63. The van der Waals surface area contributed by atoms with E-state index >= 15 is 0 Å². The minimum absolute atomic E-state index is 0.942. The van der Waals surface area contributed by atoms with Gasteiger partial charge in [-0.1, -0.05) is 6.42 Å². The Balaban J connectivity index is 1.92. The molecule has 3 saturated carbocycles. The van der Waals surface area contributed by atoms with E-state index < -0.39 is 0 Å². The van der Waals surface area contributed by atoms with E-state index in [4.69, 9.17) is 0 Å². The molecular formula is C10H14. The fourth-order valence-corrected chi connectivity index (χ4v) is 3.55. The molecule has 3 aliphatic rings. The highest BCUT2D eigenvalue weighted by atomic mass is 14.5. The fourth-order valence-electron chi connectivity index (χ4n) is 3.55. The van der Waals surface area contributed by atoms with Crippen molar-refractivity contribution in [2.45, 2.75) is 32.1 Å². The van der Waals surface area contributed by atoms with E-state index in [1.54, 1.807) is 6.42 Å². The van der Waals surface area contributed by atoms with Crippen molar-refractivity contribution in [3.8, 4) is 0 Å². The molecule has 2 bridgehead atoms. The molecule has 4 atom stereocenters. The molecule has 4 unspecified atom stereocenters. The van der Waals surface area contributed by atoms with Gasteiger partial charge in [0.1, 0.15) is 0 Å². The molecule has 3 aliphatic carbocycles. The van der Waals surface area contributed by atoms with Crippen LogP contribution in [0.4, 0.5) is 0 Å². The van der Waals surface area contributed by atoms with Gasteiger partial charge in [0.25, 0.3) is 0 Å². The molecule has 0 aromatic heterocycles. The van der Waals surface area contributed by atoms with Gasteiger partial charge in [0.2, 0.25) is 0 Å². The van der Waals surface area contributed by atoms with Gasteiger partial charge in [-0.25, -0.2) is 0 Å². The lowest BCUT2D eigenvalue weighted by molar-refractivity contribution is 0.301. The van der Waals surface area contributed by atoms with Crippen LogP contribution in [0.1, 0.15) is 32.1 Å². The van der Waals surface area contributed by atoms with E-state index in [2.05, 4.69) is 6.42 Å². The number of rotatable bonds is 0. The van der Waals surface area contributed by atoms with E-state index in [-0.39, 0.29) is 0 Å². The van der Waals surface area contributed by atoms with Crippen LogP contribution in [-0.4, -0.2) is 0 Å². The van der Waals surface area contributed by atoms with E-state index in [9.17, 15) is 0 Å². The molecule has 0 heterocycles. The normalized spacial score (nSPS) is 57.6. The number of hydrogen-bond acceptors (Lipinski definition) is 0. The molecule has 0 nitrogen and oxygen atoms in total. The van der Waals surface area contributed by atoms with Gasteiger partial charge in [-0.15, -0.1) is 0 Å². The molecule has 10 heavy (non-hydrogen) atoms. The quantitative estimate of drug-likeness (QED) is 0.477. The Hall–Kier alpha value is 0. The lowest BCUT2D eigenvalue weighted by Crippen LogP contribution is -2.16. The standard InChI is InChI=1S/C10H14/c1-2-9-7-4-5-8(6-7)10(9)3-1/h7-10H,1-4,6H2. The zero-order valence-electron chi connectivity index (χ0n) is 6.34. The van der Waals surface area contributed by atoms with Crippen LogP contribution >= 0.6 is 0 Å². The molecule has 3 rings (SSSR count). The summed E-state index contributed by atoms with van der Waals surface area (Å²) in [6.45, 7) is 0. The first-order chi connectivity index (χ1) is 4.95. The van der Waals surface area contributed by atoms with Crippen molar-refractivity contribution in [2.75, 3.05) is 0 Å². The van der Waals surface area contributed by atoms with Crippen molar-refractivity contribution >= 4 is 0 Å². The van der Waals surface area contributed by atoms with Crippen LogP contribution in [-0.2, 0) is 0 Å². The Morgan fingerprint density at radius 1 is 1.10 bits per heavy atom. The van der Waals surface area contributed by atoms with Crippen molar-refractivity contribution in [2.24, 2.45) is 23.7 Å². The average Bonchev–Trinajstić information content (AvgIpc) is 2.60. The number of hydrogen-bond donors (Lipinski definition) is 0. The van der Waals surface area contributed by atoms with Gasteiger partial charge in [-0.05, 0) is 55.8 Å². The van der Waals surface area contributed by atoms with Gasteiger partial charge < -0.3 is 0 Å². The van der Waals surface area contributed by atoms with Crippen LogP contribution in [0, 0.1) is 30.1 Å². The van der Waals surface area contributed by atoms with Crippen LogP contribution in [0.2, 0.25) is 0 Å². The Labute approximate surface area is 63.0 Å². The van der Waals surface area contributed by atoms with Gasteiger partial charge in [0.15, 0.2) is 0 Å². The van der Waals surface area contributed by atoms with E-state index in [1.807, 2.05) is 0 Å². The molecule has 0 heteroatoms. The number of fused-ring (bicyclic) bond motifs is 5. The molecule has 3 fully saturated rings. The van der Waals surface area contributed by atoms with Crippen LogP contribution in [0.3, 0.4) is 0 Å². The Bertz CT molecular complexity index is 134. The molecule has 0 spiro atoms. The summed E-state index contributed by atoms with van der Waals surface area (Å²) < 4.78 is 0. The fraction of sp³-hybridized carbons (Fsp3) is 0.900. The van der Waals surface area contributed by atoms with Crippen molar-refractivity contribution in [3.05, 3.63) is 6.42 Å². The van der Waals surface area contributed by atoms with Crippen molar-refractivity contribution in [1.29, 1.82) is 0 Å². The van der Waals surface area contributed by atoms with Crippen LogP contribution in [0.5, 0.6) is 0 Å². The van der Waals surface area contributed by atoms with Crippen LogP contribution < -0.4 is 0 Å². The summed E-state index contributed by atoms with van der Waals surface area (Å²) >= 11 is 0. The highest BCUT2D eigenvalue weighted by molar-refractivity contribution is 5.06. The third kappa shape index (κ3) is 0.538. The second-order valence-corrected chi connectivity index (χ2v) is 4.27. The zero-order chi connectivity index (χ0) is 6.55. The summed E-state index contributed by atoms with van der Waals surface area (Å²) in [5.41, 5.74) is 0. The summed E-state index contributed by atoms with van der Waals surface area (Å²) in [7, 11) is 0. The topological polar surface area (TPSA) is 0 Å². The first kappa shape index (κ1) is 5.62. The molecule has 0 N–H and O–H groups in total. The lowest BCUT2D eigenvalue weighted by Gasteiger charge is -2.23. The van der Waals surface area contributed by atoms with Crippen molar-refractivity contribution < 1.29 is 0 Å². The highest BCUT2D eigenvalue weighted by Crippen LogP contribution is 2.58. The zero-order valence-corrected chi connectivity index (χ0v) is 6.34. The molecule has 0 aromatic rings. The Morgan fingerprint density at radius 3 is 2.90 bits per heavy atom. The van der Waals surface area contributed by atoms with Crippen LogP contribution in [0.25, 0.3) is 0 Å². The summed E-state index contributed by atoms with van der Waals surface area (Å²) in [5.74, 6) is 4.26. The molecule has 0 amide bonds. The van der Waals surface area contributed by atoms with Gasteiger partial charge in [0, 0.05) is 0 Å². The highest BCUT2D eigenvalue weighted by Gasteiger charge is 2.49. The summed E-state index contributed by atoms with van der Waals surface area (Å²) in [5, 5.41) is 0. The molecule has 54 valence electrons. The van der Waals surface area contributed by atoms with Crippen molar-refractivity contribution in [1.82, 2.24) is 0 Å². The van der Waals surface area contributed by atoms with Gasteiger partial charge in [-0.2, -0.15) is 0 Å². The predicted molar refractivity (Wildman–Crippen MR) is 40.3 cm³/mol. The predicted octanol–water partition coefficient (Wildman–Crippen LogP) is 2.52. The summed E-state index contributed by atoms with van der Waals surface area (Å²) in [6, 6.07) is 0. The first-order valence-corrected chi connectivity index (χ1v) is 4.68. The largest absolute Gasteiger partial charge is 0.0527 e. The second-order valence-electron chi connectivity index (χ2n) is 4.27. The van der Waals surface area contributed by atoms with Gasteiger partial charge in [-0.3, -0.25) is 0 Å². The Kier molecular flexibility index (Phi) is 1.00. The monoisotopic (exact) mass is 134 g/mol. The maximum Gasteiger partial charge on any atom is -0.0134 e. The lowest BCUT2D eigenvalue weighted by atomic mass is 9.82. The van der Waals surface area contributed by atoms with E-state index in [0.29, 0.717) is 0 Å². The minimum Gasteiger partial charge on any atom is -0.0527 e. The molecule has 0 aliphatic heterocycles. The third-order valence-corrected chi connectivity index (χ3v) is 3.95. The van der Waals surface area contributed by atoms with E-state index in [0.717, 1.165) is 23.7 Å². The Morgan fingerprint density at radius 2 is 2.00 bits per heavy atom. The SMILES string of the molecule is [C]1CC2CC1C1CCCC21. The van der Waals surface area contributed by atoms with E-state index in [1.165, 1.54) is 25.7 Å². The van der Waals surface area contributed by atoms with Gasteiger partial charge in [0.05, 0.1) is 0 Å². The first-order valence-electron chi connectivity index (χ1n) is 4.68. The second kappa shape index (κ2) is 1.78. The summed E-state index contributed by atoms with van der Waals surface area (Å²) in [4.78, 5) is 0. The molecular weight excluding hydrogens is 120 g/mol. The van der Waals surface area contributed by atoms with Crippen LogP contribution in [0.15, 0.2) is 0 Å². The molecule has 2 radical (unpaired) electrons. The average molecular weight is 134 g/mol. The summed E-state index contributed by atoms with van der Waals surface area (Å²) in [6.07, 6.45) is 11.1. The molecule has 0 aromatic carbocycles.